The number of amides is 2. The number of thiophene rings is 1. The Balaban J connectivity index is 1.37. The third-order valence-electron chi connectivity index (χ3n) is 7.85. The SMILES string of the molecule is C=CC(=O)Nc1cc(-c2ccc3c(ccc4sc5c(c43)NC[C@@H](C)NC5=O)n2)ccc1C1CCN(S(C)(=O)=O)CC1. The van der Waals surface area contributed by atoms with Crippen LogP contribution in [0.1, 0.15) is 40.9 Å². The number of piperidine rings is 1. The van der Waals surface area contributed by atoms with Crippen LogP contribution in [0.4, 0.5) is 11.4 Å². The van der Waals surface area contributed by atoms with Gasteiger partial charge in [-0.05, 0) is 67.7 Å². The molecule has 1 fully saturated rings. The second kappa shape index (κ2) is 10.6. The van der Waals surface area contributed by atoms with Crippen molar-refractivity contribution in [2.45, 2.75) is 31.7 Å². The van der Waals surface area contributed by atoms with Gasteiger partial charge in [-0.3, -0.25) is 9.59 Å². The zero-order chi connectivity index (χ0) is 28.9. The van der Waals surface area contributed by atoms with Crippen LogP contribution < -0.4 is 16.0 Å². The molecule has 2 aromatic carbocycles. The van der Waals surface area contributed by atoms with Crippen molar-refractivity contribution >= 4 is 65.5 Å². The van der Waals surface area contributed by atoms with Gasteiger partial charge in [-0.15, -0.1) is 11.3 Å². The van der Waals surface area contributed by atoms with Crippen molar-refractivity contribution in [1.82, 2.24) is 14.6 Å². The van der Waals surface area contributed by atoms with Crippen LogP contribution in [0, 0.1) is 0 Å². The number of pyridine rings is 1. The molecule has 0 saturated carbocycles. The molecule has 1 saturated heterocycles. The minimum absolute atomic E-state index is 0.0304. The van der Waals surface area contributed by atoms with Crippen LogP contribution in [0.15, 0.2) is 55.1 Å². The number of hydrogen-bond donors (Lipinski definition) is 3. The largest absolute Gasteiger partial charge is 0.381 e. The number of sulfonamides is 1. The van der Waals surface area contributed by atoms with Gasteiger partial charge < -0.3 is 16.0 Å². The smallest absolute Gasteiger partial charge is 0.263 e. The highest BCUT2D eigenvalue weighted by molar-refractivity contribution is 7.88. The normalized spacial score (nSPS) is 18.4. The van der Waals surface area contributed by atoms with Crippen molar-refractivity contribution in [3.63, 3.8) is 0 Å². The monoisotopic (exact) mass is 589 g/mol. The number of anilines is 2. The van der Waals surface area contributed by atoms with E-state index in [0.717, 1.165) is 43.5 Å². The van der Waals surface area contributed by atoms with E-state index >= 15 is 0 Å². The van der Waals surface area contributed by atoms with E-state index in [0.29, 0.717) is 43.0 Å². The summed E-state index contributed by atoms with van der Waals surface area (Å²) in [6.07, 6.45) is 3.81. The molecule has 0 spiro atoms. The Morgan fingerprint density at radius 2 is 1.95 bits per heavy atom. The molecule has 212 valence electrons. The van der Waals surface area contributed by atoms with Crippen molar-refractivity contribution in [3.05, 3.63) is 65.6 Å². The topological polar surface area (TPSA) is 120 Å². The van der Waals surface area contributed by atoms with Crippen LogP contribution in [-0.4, -0.2) is 61.5 Å². The molecule has 3 N–H and O–H groups in total. The van der Waals surface area contributed by atoms with Crippen LogP contribution >= 0.6 is 11.3 Å². The summed E-state index contributed by atoms with van der Waals surface area (Å²) >= 11 is 1.48. The van der Waals surface area contributed by atoms with Gasteiger partial charge in [-0.2, -0.15) is 0 Å². The minimum atomic E-state index is -3.23. The molecule has 0 unspecified atom stereocenters. The van der Waals surface area contributed by atoms with Gasteiger partial charge in [-0.25, -0.2) is 17.7 Å². The average Bonchev–Trinajstić information content (AvgIpc) is 3.28. The number of fused-ring (bicyclic) bond motifs is 5. The predicted molar refractivity (Wildman–Crippen MR) is 165 cm³/mol. The van der Waals surface area contributed by atoms with Crippen molar-refractivity contribution in [2.24, 2.45) is 0 Å². The summed E-state index contributed by atoms with van der Waals surface area (Å²) in [5, 5.41) is 11.4. The van der Waals surface area contributed by atoms with E-state index < -0.39 is 10.0 Å². The lowest BCUT2D eigenvalue weighted by molar-refractivity contribution is -0.111. The van der Waals surface area contributed by atoms with E-state index in [1.54, 1.807) is 0 Å². The highest BCUT2D eigenvalue weighted by Crippen LogP contribution is 2.42. The third kappa shape index (κ3) is 5.20. The molecule has 9 nitrogen and oxygen atoms in total. The van der Waals surface area contributed by atoms with Gasteiger partial charge in [0.05, 0.1) is 23.2 Å². The maximum atomic E-state index is 12.8. The van der Waals surface area contributed by atoms with Gasteiger partial charge in [0.1, 0.15) is 4.88 Å². The van der Waals surface area contributed by atoms with Gasteiger partial charge in [-0.1, -0.05) is 18.7 Å². The van der Waals surface area contributed by atoms with Gasteiger partial charge >= 0.3 is 0 Å². The summed E-state index contributed by atoms with van der Waals surface area (Å²) in [7, 11) is -3.23. The first-order valence-electron chi connectivity index (χ1n) is 13.6. The summed E-state index contributed by atoms with van der Waals surface area (Å²) in [6.45, 7) is 7.10. The highest BCUT2D eigenvalue weighted by atomic mass is 32.2. The van der Waals surface area contributed by atoms with Crippen LogP contribution in [-0.2, 0) is 14.8 Å². The molecule has 2 aliphatic rings. The van der Waals surface area contributed by atoms with Crippen molar-refractivity contribution in [2.75, 3.05) is 36.5 Å². The van der Waals surface area contributed by atoms with E-state index in [-0.39, 0.29) is 23.8 Å². The first-order valence-corrected chi connectivity index (χ1v) is 16.2. The summed E-state index contributed by atoms with van der Waals surface area (Å²) in [5.41, 5.74) is 4.91. The van der Waals surface area contributed by atoms with E-state index in [9.17, 15) is 18.0 Å². The Hall–Kier alpha value is -3.80. The zero-order valence-corrected chi connectivity index (χ0v) is 24.5. The Morgan fingerprint density at radius 3 is 2.68 bits per heavy atom. The van der Waals surface area contributed by atoms with Gasteiger partial charge in [0.25, 0.3) is 5.91 Å². The Labute approximate surface area is 242 Å². The number of hydrogen-bond acceptors (Lipinski definition) is 7. The first-order chi connectivity index (χ1) is 19.6. The predicted octanol–water partition coefficient (Wildman–Crippen LogP) is 4.92. The number of nitrogens with one attached hydrogen (secondary N) is 3. The molecule has 41 heavy (non-hydrogen) atoms. The number of aromatic nitrogens is 1. The molecule has 6 rings (SSSR count). The Kier molecular flexibility index (Phi) is 7.04. The third-order valence-corrected chi connectivity index (χ3v) is 10.3. The molecule has 0 radical (unpaired) electrons. The van der Waals surface area contributed by atoms with Crippen molar-refractivity contribution in [1.29, 1.82) is 0 Å². The van der Waals surface area contributed by atoms with Crippen LogP contribution in [0.2, 0.25) is 0 Å². The summed E-state index contributed by atoms with van der Waals surface area (Å²) in [4.78, 5) is 30.8. The summed E-state index contributed by atoms with van der Waals surface area (Å²) in [6, 6.07) is 13.9. The van der Waals surface area contributed by atoms with Gasteiger partial charge in [0, 0.05) is 52.4 Å². The van der Waals surface area contributed by atoms with Crippen LogP contribution in [0.3, 0.4) is 0 Å². The Bertz CT molecular complexity index is 1820. The van der Waals surface area contributed by atoms with E-state index in [1.807, 2.05) is 49.4 Å². The molecule has 2 aromatic heterocycles. The summed E-state index contributed by atoms with van der Waals surface area (Å²) < 4.78 is 26.5. The molecule has 4 heterocycles. The molecule has 0 aliphatic carbocycles. The fourth-order valence-corrected chi connectivity index (χ4v) is 7.72. The van der Waals surface area contributed by atoms with Crippen LogP contribution in [0.25, 0.3) is 32.2 Å². The summed E-state index contributed by atoms with van der Waals surface area (Å²) in [5.74, 6) is -0.260. The molecule has 4 aromatic rings. The van der Waals surface area contributed by atoms with Crippen LogP contribution in [0.5, 0.6) is 0 Å². The van der Waals surface area contributed by atoms with Crippen molar-refractivity contribution in [3.8, 4) is 11.3 Å². The molecule has 11 heteroatoms. The second-order valence-electron chi connectivity index (χ2n) is 10.7. The highest BCUT2D eigenvalue weighted by Gasteiger charge is 2.28. The molecule has 2 aliphatic heterocycles. The van der Waals surface area contributed by atoms with Crippen molar-refractivity contribution < 1.29 is 18.0 Å². The van der Waals surface area contributed by atoms with E-state index in [2.05, 4.69) is 22.5 Å². The van der Waals surface area contributed by atoms with E-state index in [4.69, 9.17) is 4.98 Å². The standard InChI is InChI=1S/C30H31N5O4S2/c1-4-26(36)34-24-15-19(5-6-20(24)18-11-13-35(14-12-18)41(3,38)39)22-8-7-21-23(33-22)9-10-25-27(21)28-29(40-25)30(37)32-17(2)16-31-28/h4-10,15,17-18,31H,1,11-14,16H2,2-3H3,(H,32,37)(H,34,36)/t17-/m1/s1. The lowest BCUT2D eigenvalue weighted by Crippen LogP contribution is -2.37. The fourth-order valence-electron chi connectivity index (χ4n) is 5.75. The second-order valence-corrected chi connectivity index (χ2v) is 13.7. The fraction of sp³-hybridized carbons (Fsp3) is 0.300. The Morgan fingerprint density at radius 1 is 1.17 bits per heavy atom. The quantitative estimate of drug-likeness (QED) is 0.284. The first kappa shape index (κ1) is 27.4. The lowest BCUT2D eigenvalue weighted by atomic mass is 9.88. The molecule has 0 bridgehead atoms. The number of benzene rings is 2. The molecular weight excluding hydrogens is 558 g/mol. The maximum Gasteiger partial charge on any atom is 0.263 e. The van der Waals surface area contributed by atoms with Gasteiger partial charge in [0.2, 0.25) is 15.9 Å². The maximum absolute atomic E-state index is 12.8. The van der Waals surface area contributed by atoms with Gasteiger partial charge in [0.15, 0.2) is 0 Å². The minimum Gasteiger partial charge on any atom is -0.381 e. The molecule has 2 amide bonds. The average molecular weight is 590 g/mol. The molecular formula is C30H31N5O4S2. The number of carbonyl (C=O) groups is 2. The lowest BCUT2D eigenvalue weighted by Gasteiger charge is -2.31. The number of nitrogens with zero attached hydrogens (tertiary/aromatic N) is 2. The van der Waals surface area contributed by atoms with E-state index in [1.165, 1.54) is 28.0 Å². The number of rotatable bonds is 5. The zero-order valence-electron chi connectivity index (χ0n) is 22.9. The number of carbonyl (C=O) groups excluding carboxylic acids is 2. The molecule has 1 atom stereocenters.